The van der Waals surface area contributed by atoms with E-state index in [2.05, 4.69) is 0 Å². The third-order valence-corrected chi connectivity index (χ3v) is 5.95. The lowest BCUT2D eigenvalue weighted by Crippen LogP contribution is -2.39. The molecule has 0 amide bonds. The quantitative estimate of drug-likeness (QED) is 0.486. The van der Waals surface area contributed by atoms with Gasteiger partial charge in [-0.25, -0.2) is 18.1 Å². The topological polar surface area (TPSA) is 62.5 Å². The molecule has 3 heterocycles. The van der Waals surface area contributed by atoms with E-state index in [-0.39, 0.29) is 12.2 Å². The molecular weight excluding hydrogens is 426 g/mol. The molecular formula is C22H16F2N2O4S. The molecule has 2 aromatic carbocycles. The highest BCUT2D eigenvalue weighted by molar-refractivity contribution is 7.17. The van der Waals surface area contributed by atoms with E-state index in [1.54, 1.807) is 23.6 Å². The molecule has 6 nitrogen and oxygen atoms in total. The summed E-state index contributed by atoms with van der Waals surface area (Å²) in [6, 6.07) is 9.81. The first-order valence-electron chi connectivity index (χ1n) is 9.60. The van der Waals surface area contributed by atoms with Crippen LogP contribution < -0.4 is 20.7 Å². The molecule has 0 saturated carbocycles. The summed E-state index contributed by atoms with van der Waals surface area (Å²) >= 11 is 1.16. The van der Waals surface area contributed by atoms with Crippen molar-refractivity contribution in [1.82, 2.24) is 9.13 Å². The van der Waals surface area contributed by atoms with Gasteiger partial charge in [0.1, 0.15) is 16.3 Å². The summed E-state index contributed by atoms with van der Waals surface area (Å²) in [4.78, 5) is 26.2. The number of thiophene rings is 1. The Hall–Kier alpha value is -3.46. The van der Waals surface area contributed by atoms with Crippen LogP contribution in [0.15, 0.2) is 57.4 Å². The zero-order valence-corrected chi connectivity index (χ0v) is 17.0. The summed E-state index contributed by atoms with van der Waals surface area (Å²) in [7, 11) is 0. The number of aromatic nitrogens is 2. The van der Waals surface area contributed by atoms with Crippen molar-refractivity contribution in [2.24, 2.45) is 0 Å². The van der Waals surface area contributed by atoms with Crippen LogP contribution in [0.4, 0.5) is 8.78 Å². The van der Waals surface area contributed by atoms with Crippen LogP contribution in [0, 0.1) is 11.6 Å². The van der Waals surface area contributed by atoms with Crippen LogP contribution in [0.5, 0.6) is 11.5 Å². The summed E-state index contributed by atoms with van der Waals surface area (Å²) < 4.78 is 41.6. The van der Waals surface area contributed by atoms with Gasteiger partial charge in [-0.15, -0.1) is 11.3 Å². The Morgan fingerprint density at radius 1 is 0.968 bits per heavy atom. The standard InChI is InChI=1S/C22H16F2N2O4S/c23-14-3-4-16(15(24)11-14)26-21(27)20-17(6-9-31-20)25(22(26)28)12-13-2-5-18-19(10-13)30-8-1-7-29-18/h2-6,9-11H,1,7-8,12H2. The molecule has 0 aliphatic carbocycles. The number of nitrogens with zero attached hydrogens (tertiary/aromatic N) is 2. The van der Waals surface area contributed by atoms with Crippen molar-refractivity contribution in [3.05, 3.63) is 85.9 Å². The molecule has 1 aliphatic heterocycles. The van der Waals surface area contributed by atoms with Crippen molar-refractivity contribution in [2.75, 3.05) is 13.2 Å². The fourth-order valence-electron chi connectivity index (χ4n) is 3.60. The number of halogens is 2. The summed E-state index contributed by atoms with van der Waals surface area (Å²) in [6.45, 7) is 1.22. The number of hydrogen-bond acceptors (Lipinski definition) is 5. The predicted octanol–water partition coefficient (Wildman–Crippen LogP) is 3.70. The van der Waals surface area contributed by atoms with E-state index in [1.807, 2.05) is 6.07 Å². The first kappa shape index (κ1) is 19.5. The molecule has 4 aromatic rings. The summed E-state index contributed by atoms with van der Waals surface area (Å²) in [5.41, 5.74) is -0.447. The van der Waals surface area contributed by atoms with Crippen LogP contribution in [-0.4, -0.2) is 22.3 Å². The highest BCUT2D eigenvalue weighted by Crippen LogP contribution is 2.31. The van der Waals surface area contributed by atoms with Crippen LogP contribution in [0.2, 0.25) is 0 Å². The van der Waals surface area contributed by atoms with Crippen molar-refractivity contribution in [3.8, 4) is 17.2 Å². The van der Waals surface area contributed by atoms with E-state index < -0.39 is 22.9 Å². The second-order valence-electron chi connectivity index (χ2n) is 7.07. The van der Waals surface area contributed by atoms with Gasteiger partial charge in [0, 0.05) is 12.5 Å². The molecule has 158 valence electrons. The number of ether oxygens (including phenoxy) is 2. The van der Waals surface area contributed by atoms with Crippen LogP contribution >= 0.6 is 11.3 Å². The second-order valence-corrected chi connectivity index (χ2v) is 7.99. The normalized spacial score (nSPS) is 13.4. The van der Waals surface area contributed by atoms with Crippen LogP contribution in [0.3, 0.4) is 0 Å². The smallest absolute Gasteiger partial charge is 0.336 e. The maximum absolute atomic E-state index is 14.4. The molecule has 1 aliphatic rings. The zero-order chi connectivity index (χ0) is 21.5. The van der Waals surface area contributed by atoms with E-state index in [0.29, 0.717) is 41.0 Å². The maximum atomic E-state index is 14.4. The Morgan fingerprint density at radius 3 is 2.58 bits per heavy atom. The molecule has 31 heavy (non-hydrogen) atoms. The van der Waals surface area contributed by atoms with Crippen LogP contribution in [-0.2, 0) is 6.54 Å². The maximum Gasteiger partial charge on any atom is 0.336 e. The van der Waals surface area contributed by atoms with Gasteiger partial charge in [0.25, 0.3) is 5.56 Å². The van der Waals surface area contributed by atoms with Crippen molar-refractivity contribution >= 4 is 21.6 Å². The Morgan fingerprint density at radius 2 is 1.77 bits per heavy atom. The monoisotopic (exact) mass is 442 g/mol. The molecule has 0 atom stereocenters. The molecule has 0 spiro atoms. The third kappa shape index (κ3) is 3.40. The summed E-state index contributed by atoms with van der Waals surface area (Å²) in [6.07, 6.45) is 0.771. The second kappa shape index (κ2) is 7.66. The third-order valence-electron chi connectivity index (χ3n) is 5.06. The molecule has 0 fully saturated rings. The Kier molecular flexibility index (Phi) is 4.82. The lowest BCUT2D eigenvalue weighted by atomic mass is 10.2. The van der Waals surface area contributed by atoms with Gasteiger partial charge in [0.05, 0.1) is 31.0 Å². The number of rotatable bonds is 3. The van der Waals surface area contributed by atoms with Crippen molar-refractivity contribution in [1.29, 1.82) is 0 Å². The fraction of sp³-hybridized carbons (Fsp3) is 0.182. The van der Waals surface area contributed by atoms with E-state index in [4.69, 9.17) is 9.47 Å². The zero-order valence-electron chi connectivity index (χ0n) is 16.1. The largest absolute Gasteiger partial charge is 0.490 e. The Bertz CT molecular complexity index is 1420. The van der Waals surface area contributed by atoms with Crippen LogP contribution in [0.1, 0.15) is 12.0 Å². The minimum atomic E-state index is -0.989. The molecule has 0 N–H and O–H groups in total. The van der Waals surface area contributed by atoms with Crippen molar-refractivity contribution < 1.29 is 18.3 Å². The molecule has 5 rings (SSSR count). The molecule has 0 bridgehead atoms. The first-order chi connectivity index (χ1) is 15.0. The van der Waals surface area contributed by atoms with E-state index in [9.17, 15) is 18.4 Å². The minimum absolute atomic E-state index is 0.131. The van der Waals surface area contributed by atoms with E-state index in [1.165, 1.54) is 4.57 Å². The fourth-order valence-corrected chi connectivity index (χ4v) is 4.43. The average Bonchev–Trinajstić information content (AvgIpc) is 3.12. The van der Waals surface area contributed by atoms with E-state index >= 15 is 0 Å². The van der Waals surface area contributed by atoms with Gasteiger partial charge in [0.15, 0.2) is 11.5 Å². The molecule has 9 heteroatoms. The van der Waals surface area contributed by atoms with Gasteiger partial charge in [-0.3, -0.25) is 9.36 Å². The van der Waals surface area contributed by atoms with Gasteiger partial charge < -0.3 is 9.47 Å². The molecule has 0 saturated heterocycles. The van der Waals surface area contributed by atoms with Gasteiger partial charge >= 0.3 is 5.69 Å². The van der Waals surface area contributed by atoms with Crippen molar-refractivity contribution in [2.45, 2.75) is 13.0 Å². The number of fused-ring (bicyclic) bond motifs is 2. The number of benzene rings is 2. The Labute approximate surface area is 178 Å². The first-order valence-corrected chi connectivity index (χ1v) is 10.5. The van der Waals surface area contributed by atoms with Gasteiger partial charge in [-0.2, -0.15) is 0 Å². The summed E-state index contributed by atoms with van der Waals surface area (Å²) in [5, 5.41) is 1.70. The Balaban J connectivity index is 1.68. The highest BCUT2D eigenvalue weighted by Gasteiger charge is 2.19. The summed E-state index contributed by atoms with van der Waals surface area (Å²) in [5.74, 6) is -0.564. The predicted molar refractivity (Wildman–Crippen MR) is 113 cm³/mol. The molecule has 0 radical (unpaired) electrons. The minimum Gasteiger partial charge on any atom is -0.490 e. The van der Waals surface area contributed by atoms with E-state index in [0.717, 1.165) is 40.0 Å². The van der Waals surface area contributed by atoms with Crippen molar-refractivity contribution in [3.63, 3.8) is 0 Å². The number of hydrogen-bond donors (Lipinski definition) is 0. The van der Waals surface area contributed by atoms with Gasteiger partial charge in [-0.1, -0.05) is 6.07 Å². The lowest BCUT2D eigenvalue weighted by Gasteiger charge is -2.14. The highest BCUT2D eigenvalue weighted by atomic mass is 32.1. The SMILES string of the molecule is O=c1c2sccc2n(Cc2ccc3c(c2)OCCCO3)c(=O)n1-c1ccc(F)cc1F. The average molecular weight is 442 g/mol. The molecule has 0 unspecified atom stereocenters. The van der Waals surface area contributed by atoms with Crippen LogP contribution in [0.25, 0.3) is 15.9 Å². The van der Waals surface area contributed by atoms with Gasteiger partial charge in [-0.05, 0) is 41.3 Å². The molecule has 2 aromatic heterocycles. The lowest BCUT2D eigenvalue weighted by molar-refractivity contribution is 0.297. The van der Waals surface area contributed by atoms with Gasteiger partial charge in [0.2, 0.25) is 0 Å².